The summed E-state index contributed by atoms with van der Waals surface area (Å²) in [5.74, 6) is 0.274. The molecule has 330 valence electrons. The first-order valence-electron chi connectivity index (χ1n) is 22.0. The number of carbonyl (C=O) groups excluding carboxylic acids is 6. The molecule has 6 amide bonds. The molecular formula is C45H58N10O7. The number of nitrogens with zero attached hydrogens (tertiary/aromatic N) is 5. The zero-order valence-electron chi connectivity index (χ0n) is 35.9. The van der Waals surface area contributed by atoms with Gasteiger partial charge in [0, 0.05) is 61.4 Å². The molecule has 1 aromatic heterocycles. The van der Waals surface area contributed by atoms with Crippen molar-refractivity contribution in [1.29, 1.82) is 0 Å². The summed E-state index contributed by atoms with van der Waals surface area (Å²) in [4.78, 5) is 90.9. The maximum absolute atomic E-state index is 13.3. The summed E-state index contributed by atoms with van der Waals surface area (Å²) in [6, 6.07) is 9.68. The monoisotopic (exact) mass is 850 g/mol. The van der Waals surface area contributed by atoms with E-state index in [1.807, 2.05) is 6.92 Å². The summed E-state index contributed by atoms with van der Waals surface area (Å²) in [5, 5.41) is 14.9. The molecule has 4 aliphatic rings. The smallest absolute Gasteiger partial charge is 0.255 e. The first-order chi connectivity index (χ1) is 30.1. The number of methoxy groups -OCH3 is 1. The third-order valence-corrected chi connectivity index (χ3v) is 12.3. The highest BCUT2D eigenvalue weighted by molar-refractivity contribution is 6.07. The number of hydrogen-bond donors (Lipinski definition) is 5. The van der Waals surface area contributed by atoms with E-state index in [-0.39, 0.29) is 61.0 Å². The van der Waals surface area contributed by atoms with Gasteiger partial charge in [-0.05, 0) is 88.4 Å². The average Bonchev–Trinajstić information content (AvgIpc) is 3.92. The van der Waals surface area contributed by atoms with E-state index in [1.165, 1.54) is 4.90 Å². The molecule has 7 rings (SSSR count). The van der Waals surface area contributed by atoms with E-state index in [2.05, 4.69) is 36.5 Å². The number of ether oxygens (including phenoxy) is 1. The molecule has 2 atom stereocenters. The number of benzene rings is 2. The molecule has 2 aromatic carbocycles. The first kappa shape index (κ1) is 44.0. The molecule has 0 radical (unpaired) electrons. The fourth-order valence-electron chi connectivity index (χ4n) is 8.95. The van der Waals surface area contributed by atoms with Gasteiger partial charge in [-0.25, -0.2) is 4.98 Å². The minimum atomic E-state index is -0.708. The molecule has 2 fully saturated rings. The topological polar surface area (TPSA) is 207 Å². The number of nitrogens with one attached hydrogen (secondary N) is 5. The molecule has 3 aromatic rings. The predicted octanol–water partition coefficient (Wildman–Crippen LogP) is 4.79. The number of fused-ring (bicyclic) bond motifs is 2. The van der Waals surface area contributed by atoms with Gasteiger partial charge in [0.05, 0.1) is 19.0 Å². The summed E-state index contributed by atoms with van der Waals surface area (Å²) in [5.41, 5.74) is 3.51. The molecule has 17 nitrogen and oxygen atoms in total. The Balaban J connectivity index is 0.783. The van der Waals surface area contributed by atoms with Gasteiger partial charge in [-0.15, -0.1) is 0 Å². The number of carbonyl (C=O) groups is 6. The summed E-state index contributed by atoms with van der Waals surface area (Å²) in [7, 11) is 3.33. The van der Waals surface area contributed by atoms with Crippen molar-refractivity contribution in [3.8, 4) is 5.75 Å². The van der Waals surface area contributed by atoms with E-state index in [0.717, 1.165) is 76.7 Å². The normalized spacial score (nSPS) is 18.7. The van der Waals surface area contributed by atoms with Crippen LogP contribution < -0.4 is 41.1 Å². The van der Waals surface area contributed by atoms with Crippen LogP contribution >= 0.6 is 0 Å². The Bertz CT molecular complexity index is 2180. The maximum atomic E-state index is 13.3. The van der Waals surface area contributed by atoms with Crippen LogP contribution in [0.15, 0.2) is 42.6 Å². The van der Waals surface area contributed by atoms with E-state index < -0.39 is 11.9 Å². The second-order valence-electron chi connectivity index (χ2n) is 16.4. The lowest BCUT2D eigenvalue weighted by Crippen LogP contribution is -2.55. The summed E-state index contributed by atoms with van der Waals surface area (Å²) in [6.45, 7) is 4.33. The Morgan fingerprint density at radius 1 is 0.935 bits per heavy atom. The zero-order chi connectivity index (χ0) is 43.8. The molecule has 0 bridgehead atoms. The van der Waals surface area contributed by atoms with Crippen LogP contribution in [0.2, 0.25) is 0 Å². The van der Waals surface area contributed by atoms with E-state index in [0.29, 0.717) is 64.8 Å². The van der Waals surface area contributed by atoms with Gasteiger partial charge in [0.2, 0.25) is 29.6 Å². The van der Waals surface area contributed by atoms with Gasteiger partial charge >= 0.3 is 0 Å². The highest BCUT2D eigenvalue weighted by atomic mass is 16.5. The van der Waals surface area contributed by atoms with E-state index >= 15 is 0 Å². The minimum Gasteiger partial charge on any atom is -0.495 e. The van der Waals surface area contributed by atoms with Crippen molar-refractivity contribution in [1.82, 2.24) is 30.8 Å². The standard InChI is InChI=1S/C45H58N10O7/c1-4-34-44(61)53(2)36-26-48-45(52-40(36)55(34)29-13-8-9-14-29)50-33-19-18-28(25-37(33)62-3)41(58)47-24-12-23-46-22-10-6-5-7-17-38(56)49-32-16-11-15-30-31(32)27-54(43(30)60)35-20-21-39(57)51-42(35)59/h11,15-16,18-19,25-26,29,34-35,46H,4-10,12-14,17,20-24,27H2,1-3H3,(H,47,58)(H,49,56)(H,48,50,52)(H,51,57,59)/t34-,35?/m1/s1. The van der Waals surface area contributed by atoms with Crippen molar-refractivity contribution >= 4 is 64.3 Å². The van der Waals surface area contributed by atoms with Crippen LogP contribution in [0, 0.1) is 0 Å². The Morgan fingerprint density at radius 2 is 1.73 bits per heavy atom. The number of rotatable bonds is 19. The Hall–Kier alpha value is -6.10. The molecular weight excluding hydrogens is 793 g/mol. The van der Waals surface area contributed by atoms with Crippen LogP contribution in [0.4, 0.5) is 28.8 Å². The summed E-state index contributed by atoms with van der Waals surface area (Å²) < 4.78 is 5.65. The SMILES string of the molecule is CC[C@@H]1C(=O)N(C)c2cnc(Nc3ccc(C(=O)NCCCNCCCCCCC(=O)Nc4cccc5c4CN(C4CCC(=O)NC4=O)C5=O)cc3OC)nc2N1C1CCCC1. The zero-order valence-corrected chi connectivity index (χ0v) is 35.9. The number of aromatic nitrogens is 2. The Morgan fingerprint density at radius 3 is 2.50 bits per heavy atom. The van der Waals surface area contributed by atoms with Crippen LogP contribution in [-0.4, -0.2) is 102 Å². The highest BCUT2D eigenvalue weighted by Crippen LogP contribution is 2.40. The number of piperidine rings is 1. The molecule has 1 saturated heterocycles. The second-order valence-corrected chi connectivity index (χ2v) is 16.4. The lowest BCUT2D eigenvalue weighted by atomic mass is 10.0. The van der Waals surface area contributed by atoms with Gasteiger partial charge in [0.25, 0.3) is 11.8 Å². The van der Waals surface area contributed by atoms with Gasteiger partial charge in [-0.2, -0.15) is 4.98 Å². The fourth-order valence-corrected chi connectivity index (χ4v) is 8.95. The van der Waals surface area contributed by atoms with E-state index in [1.54, 1.807) is 61.7 Å². The van der Waals surface area contributed by atoms with Crippen molar-refractivity contribution in [2.75, 3.05) is 54.2 Å². The third kappa shape index (κ3) is 9.83. The van der Waals surface area contributed by atoms with E-state index in [4.69, 9.17) is 9.72 Å². The average molecular weight is 851 g/mol. The Kier molecular flexibility index (Phi) is 14.3. The van der Waals surface area contributed by atoms with Crippen molar-refractivity contribution in [3.63, 3.8) is 0 Å². The number of likely N-dealkylation sites (N-methyl/N-ethyl adjacent to an activating group) is 1. The molecule has 1 aliphatic carbocycles. The molecule has 1 saturated carbocycles. The van der Waals surface area contributed by atoms with Crippen LogP contribution in [-0.2, 0) is 25.7 Å². The van der Waals surface area contributed by atoms with Crippen LogP contribution in [0.3, 0.4) is 0 Å². The molecule has 5 N–H and O–H groups in total. The Labute approximate surface area is 362 Å². The van der Waals surface area contributed by atoms with Gasteiger partial charge < -0.3 is 40.7 Å². The number of imide groups is 1. The molecule has 1 unspecified atom stereocenters. The third-order valence-electron chi connectivity index (χ3n) is 12.3. The number of hydrogen-bond acceptors (Lipinski definition) is 12. The van der Waals surface area contributed by atoms with Gasteiger partial charge in [0.15, 0.2) is 5.82 Å². The number of anilines is 5. The quantitative estimate of drug-likeness (QED) is 0.0816. The molecule has 62 heavy (non-hydrogen) atoms. The van der Waals surface area contributed by atoms with Crippen molar-refractivity contribution in [2.24, 2.45) is 0 Å². The fraction of sp³-hybridized carbons (Fsp3) is 0.511. The second kappa shape index (κ2) is 20.2. The van der Waals surface area contributed by atoms with Crippen LogP contribution in [0.25, 0.3) is 0 Å². The largest absolute Gasteiger partial charge is 0.495 e. The molecule has 4 heterocycles. The highest BCUT2D eigenvalue weighted by Gasteiger charge is 2.42. The summed E-state index contributed by atoms with van der Waals surface area (Å²) in [6.07, 6.45) is 11.9. The first-order valence-corrected chi connectivity index (χ1v) is 22.0. The molecule has 3 aliphatic heterocycles. The van der Waals surface area contributed by atoms with Gasteiger partial charge in [-0.1, -0.05) is 38.7 Å². The summed E-state index contributed by atoms with van der Waals surface area (Å²) >= 11 is 0. The predicted molar refractivity (Wildman–Crippen MR) is 235 cm³/mol. The van der Waals surface area contributed by atoms with Crippen molar-refractivity contribution in [2.45, 2.75) is 115 Å². The van der Waals surface area contributed by atoms with Gasteiger partial charge in [-0.3, -0.25) is 34.1 Å². The van der Waals surface area contributed by atoms with Gasteiger partial charge in [0.1, 0.15) is 23.5 Å². The molecule has 0 spiro atoms. The number of amides is 6. The van der Waals surface area contributed by atoms with E-state index in [9.17, 15) is 28.8 Å². The number of unbranched alkanes of at least 4 members (excludes halogenated alkanes) is 3. The van der Waals surface area contributed by atoms with Crippen LogP contribution in [0.5, 0.6) is 5.75 Å². The van der Waals surface area contributed by atoms with Crippen LogP contribution in [0.1, 0.15) is 117 Å². The lowest BCUT2D eigenvalue weighted by Gasteiger charge is -2.43. The van der Waals surface area contributed by atoms with Crippen molar-refractivity contribution in [3.05, 3.63) is 59.3 Å². The molecule has 17 heteroatoms. The lowest BCUT2D eigenvalue weighted by molar-refractivity contribution is -0.137. The minimum absolute atomic E-state index is 0.0621. The maximum Gasteiger partial charge on any atom is 0.255 e. The van der Waals surface area contributed by atoms with Crippen molar-refractivity contribution < 1.29 is 33.5 Å².